The van der Waals surface area contributed by atoms with Crippen molar-refractivity contribution in [1.29, 1.82) is 0 Å². The second-order valence-corrected chi connectivity index (χ2v) is 11.9. The molecule has 0 fully saturated rings. The van der Waals surface area contributed by atoms with Gasteiger partial charge >= 0.3 is 7.12 Å². The van der Waals surface area contributed by atoms with E-state index in [2.05, 4.69) is 130 Å². The van der Waals surface area contributed by atoms with Crippen molar-refractivity contribution < 1.29 is 10.0 Å². The molecule has 4 nitrogen and oxygen atoms in total. The fraction of sp³-hybridized carbons (Fsp3) is 0.353. The van der Waals surface area contributed by atoms with E-state index in [-0.39, 0.29) is 0 Å². The molecule has 0 aliphatic rings. The van der Waals surface area contributed by atoms with E-state index in [0.29, 0.717) is 29.1 Å². The maximum absolute atomic E-state index is 8.55. The largest absolute Gasteiger partial charge is 0.488 e. The molecule has 0 spiro atoms. The Morgan fingerprint density at radius 2 is 0.900 bits per heavy atom. The van der Waals surface area contributed by atoms with Gasteiger partial charge in [0.25, 0.3) is 0 Å². The van der Waals surface area contributed by atoms with Gasteiger partial charge in [0.1, 0.15) is 0 Å². The Morgan fingerprint density at radius 1 is 0.550 bits per heavy atom. The molecule has 40 heavy (non-hydrogen) atoms. The Kier molecular flexibility index (Phi) is 13.8. The first-order valence-corrected chi connectivity index (χ1v) is 14.8. The quantitative estimate of drug-likeness (QED) is 0.217. The zero-order valence-electron chi connectivity index (χ0n) is 25.1. The van der Waals surface area contributed by atoms with Gasteiger partial charge in [-0.1, -0.05) is 108 Å². The maximum atomic E-state index is 8.55. The summed E-state index contributed by atoms with van der Waals surface area (Å²) >= 11 is 3.68. The highest BCUT2D eigenvalue weighted by Crippen LogP contribution is 2.35. The summed E-state index contributed by atoms with van der Waals surface area (Å²) in [5, 5.41) is 17.1. The summed E-state index contributed by atoms with van der Waals surface area (Å²) in [6.45, 7) is 17.9. The molecule has 2 N–H and O–H groups in total. The third-order valence-corrected chi connectivity index (χ3v) is 7.56. The predicted octanol–water partition coefficient (Wildman–Crippen LogP) is 8.45. The molecule has 0 aliphatic heterocycles. The van der Waals surface area contributed by atoms with Crippen LogP contribution in [-0.4, -0.2) is 27.1 Å². The first kappa shape index (κ1) is 33.4. The average molecular weight is 603 g/mol. The van der Waals surface area contributed by atoms with Crippen LogP contribution in [0.25, 0.3) is 11.1 Å². The standard InChI is InChI=1S/C17H21N.C12H17Br.C5H6BNO2/c1-12(2)15-6-5-7-16(13(3)4)17(15)14-8-10-18-11-9-14;1-8(2)10-6-5-7-11(9(3)4)12(10)13;8-6(9)5-1-3-7-4-2-5/h5-13H,1-4H3;5-9H,1-4H3;1-4,8-9H. The smallest absolute Gasteiger partial charge is 0.423 e. The van der Waals surface area contributed by atoms with E-state index >= 15 is 0 Å². The molecule has 0 amide bonds. The number of rotatable bonds is 6. The van der Waals surface area contributed by atoms with Crippen LogP contribution in [0.5, 0.6) is 0 Å². The minimum absolute atomic E-state index is 0.463. The lowest BCUT2D eigenvalue weighted by Crippen LogP contribution is -2.29. The van der Waals surface area contributed by atoms with E-state index in [4.69, 9.17) is 10.0 Å². The van der Waals surface area contributed by atoms with Crippen molar-refractivity contribution in [2.45, 2.75) is 79.1 Å². The van der Waals surface area contributed by atoms with Gasteiger partial charge in [-0.3, -0.25) is 9.97 Å². The van der Waals surface area contributed by atoms with Gasteiger partial charge in [0.2, 0.25) is 0 Å². The van der Waals surface area contributed by atoms with Crippen LogP contribution in [0.4, 0.5) is 0 Å². The summed E-state index contributed by atoms with van der Waals surface area (Å²) in [5.74, 6) is 2.25. The van der Waals surface area contributed by atoms with Gasteiger partial charge in [-0.25, -0.2) is 0 Å². The molecule has 4 rings (SSSR count). The van der Waals surface area contributed by atoms with Crippen LogP contribution in [-0.2, 0) is 0 Å². The first-order chi connectivity index (χ1) is 19.0. The molecule has 2 heterocycles. The lowest BCUT2D eigenvalue weighted by Gasteiger charge is -2.19. The molecule has 0 atom stereocenters. The van der Waals surface area contributed by atoms with Crippen molar-refractivity contribution in [2.24, 2.45) is 0 Å². The second kappa shape index (κ2) is 16.5. The van der Waals surface area contributed by atoms with Gasteiger partial charge in [0.05, 0.1) is 0 Å². The number of aromatic nitrogens is 2. The molecule has 6 heteroatoms. The molecule has 2 aromatic heterocycles. The van der Waals surface area contributed by atoms with Crippen molar-refractivity contribution in [3.63, 3.8) is 0 Å². The predicted molar refractivity (Wildman–Crippen MR) is 174 cm³/mol. The van der Waals surface area contributed by atoms with Crippen molar-refractivity contribution in [3.8, 4) is 11.1 Å². The number of hydrogen-bond donors (Lipinski definition) is 2. The van der Waals surface area contributed by atoms with Crippen LogP contribution < -0.4 is 5.46 Å². The molecule has 212 valence electrons. The highest BCUT2D eigenvalue weighted by molar-refractivity contribution is 9.10. The van der Waals surface area contributed by atoms with E-state index in [1.165, 1.54) is 50.2 Å². The minimum Gasteiger partial charge on any atom is -0.423 e. The number of pyridine rings is 2. The zero-order valence-corrected chi connectivity index (χ0v) is 26.7. The zero-order chi connectivity index (χ0) is 29.8. The van der Waals surface area contributed by atoms with Crippen molar-refractivity contribution in [3.05, 3.63) is 112 Å². The Balaban J connectivity index is 0.000000224. The van der Waals surface area contributed by atoms with Crippen molar-refractivity contribution in [1.82, 2.24) is 9.97 Å². The molecule has 0 aliphatic carbocycles. The van der Waals surface area contributed by atoms with Crippen LogP contribution in [0.2, 0.25) is 0 Å². The van der Waals surface area contributed by atoms with Gasteiger partial charge in [-0.05, 0) is 86.8 Å². The Labute approximate surface area is 250 Å². The highest BCUT2D eigenvalue weighted by atomic mass is 79.9. The molecular weight excluding hydrogens is 559 g/mol. The lowest BCUT2D eigenvalue weighted by atomic mass is 9.81. The van der Waals surface area contributed by atoms with E-state index < -0.39 is 7.12 Å². The lowest BCUT2D eigenvalue weighted by molar-refractivity contribution is 0.425. The second-order valence-electron chi connectivity index (χ2n) is 11.1. The van der Waals surface area contributed by atoms with Crippen LogP contribution in [0.15, 0.2) is 89.9 Å². The van der Waals surface area contributed by atoms with Crippen LogP contribution >= 0.6 is 15.9 Å². The molecule has 4 aromatic rings. The molecular formula is C34H44BBrN2O2. The van der Waals surface area contributed by atoms with Gasteiger partial charge < -0.3 is 10.0 Å². The third kappa shape index (κ3) is 9.69. The van der Waals surface area contributed by atoms with Gasteiger partial charge in [0.15, 0.2) is 0 Å². The van der Waals surface area contributed by atoms with Crippen molar-refractivity contribution in [2.75, 3.05) is 0 Å². The summed E-state index contributed by atoms with van der Waals surface area (Å²) < 4.78 is 1.29. The molecule has 0 unspecified atom stereocenters. The number of hydrogen-bond acceptors (Lipinski definition) is 4. The van der Waals surface area contributed by atoms with Crippen LogP contribution in [0.3, 0.4) is 0 Å². The topological polar surface area (TPSA) is 66.2 Å². The number of nitrogens with zero attached hydrogens (tertiary/aromatic N) is 2. The molecule has 0 saturated carbocycles. The molecule has 0 radical (unpaired) electrons. The SMILES string of the molecule is CC(C)c1cccc(C(C)C)c1-c1ccncc1.CC(C)c1cccc(C(C)C)c1Br.OB(O)c1ccncc1. The molecule has 0 saturated heterocycles. The fourth-order valence-corrected chi connectivity index (χ4v) is 5.58. The summed E-state index contributed by atoms with van der Waals surface area (Å²) in [6.07, 6.45) is 6.76. The van der Waals surface area contributed by atoms with E-state index in [1.807, 2.05) is 12.4 Å². The molecule has 2 aromatic carbocycles. The van der Waals surface area contributed by atoms with Crippen molar-refractivity contribution >= 4 is 28.5 Å². The normalized spacial score (nSPS) is 10.8. The van der Waals surface area contributed by atoms with Gasteiger partial charge in [-0.15, -0.1) is 0 Å². The Morgan fingerprint density at radius 3 is 1.23 bits per heavy atom. The molecule has 0 bridgehead atoms. The van der Waals surface area contributed by atoms with E-state index in [1.54, 1.807) is 12.1 Å². The van der Waals surface area contributed by atoms with Gasteiger partial charge in [0, 0.05) is 29.3 Å². The third-order valence-electron chi connectivity index (χ3n) is 6.65. The first-order valence-electron chi connectivity index (χ1n) is 14.0. The monoisotopic (exact) mass is 602 g/mol. The van der Waals surface area contributed by atoms with Crippen LogP contribution in [0.1, 0.15) is 101 Å². The van der Waals surface area contributed by atoms with E-state index in [9.17, 15) is 0 Å². The summed E-state index contributed by atoms with van der Waals surface area (Å²) in [5.41, 5.74) is 8.80. The van der Waals surface area contributed by atoms with Gasteiger partial charge in [-0.2, -0.15) is 0 Å². The van der Waals surface area contributed by atoms with Crippen LogP contribution in [0, 0.1) is 0 Å². The maximum Gasteiger partial charge on any atom is 0.488 e. The highest BCUT2D eigenvalue weighted by Gasteiger charge is 2.15. The average Bonchev–Trinajstić information content (AvgIpc) is 2.94. The number of benzene rings is 2. The summed E-state index contributed by atoms with van der Waals surface area (Å²) in [6, 6.07) is 20.5. The summed E-state index contributed by atoms with van der Waals surface area (Å²) in [7, 11) is -1.38. The minimum atomic E-state index is -1.38. The summed E-state index contributed by atoms with van der Waals surface area (Å²) in [4.78, 5) is 7.83. The fourth-order valence-electron chi connectivity index (χ4n) is 4.40. The van der Waals surface area contributed by atoms with E-state index in [0.717, 1.165) is 0 Å². The Hall–Kier alpha value is -2.80. The number of halogens is 1. The Bertz CT molecular complexity index is 1240.